The number of benzene rings is 3. The summed E-state index contributed by atoms with van der Waals surface area (Å²) < 4.78 is 1.68. The third kappa shape index (κ3) is 4.74. The average Bonchev–Trinajstić information content (AvgIpc) is 2.80. The zero-order valence-corrected chi connectivity index (χ0v) is 18.9. The Balaban J connectivity index is 1.79. The topological polar surface area (TPSA) is 64.2 Å². The Labute approximate surface area is 192 Å². The maximum atomic E-state index is 13.4. The lowest BCUT2D eigenvalue weighted by atomic mass is 10.1. The summed E-state index contributed by atoms with van der Waals surface area (Å²) in [5.41, 5.74) is 10.4. The molecule has 0 saturated carbocycles. The molecule has 3 aromatic carbocycles. The third-order valence-electron chi connectivity index (χ3n) is 5.35. The van der Waals surface area contributed by atoms with Crippen LogP contribution in [0, 0.1) is 0 Å². The van der Waals surface area contributed by atoms with E-state index in [-0.39, 0.29) is 5.56 Å². The fourth-order valence-corrected chi connectivity index (χ4v) is 3.75. The number of nitrogens with zero attached hydrogens (tertiary/aromatic N) is 3. The van der Waals surface area contributed by atoms with Gasteiger partial charge >= 0.3 is 0 Å². The highest BCUT2D eigenvalue weighted by Gasteiger charge is 2.11. The molecular formula is C26H25ClN4O. The largest absolute Gasteiger partial charge is 0.378 e. The first-order chi connectivity index (χ1) is 15.4. The van der Waals surface area contributed by atoms with Gasteiger partial charge in [-0.05, 0) is 53.1 Å². The van der Waals surface area contributed by atoms with Crippen molar-refractivity contribution in [3.8, 4) is 0 Å². The Hall–Kier alpha value is -3.41. The molecule has 162 valence electrons. The van der Waals surface area contributed by atoms with Gasteiger partial charge in [0.25, 0.3) is 5.56 Å². The van der Waals surface area contributed by atoms with Crippen LogP contribution in [-0.2, 0) is 13.1 Å². The van der Waals surface area contributed by atoms with E-state index in [1.165, 1.54) is 0 Å². The van der Waals surface area contributed by atoms with E-state index in [0.717, 1.165) is 22.4 Å². The van der Waals surface area contributed by atoms with Crippen LogP contribution in [0.3, 0.4) is 0 Å². The van der Waals surface area contributed by atoms with Gasteiger partial charge in [0.15, 0.2) is 0 Å². The standard InChI is InChI=1S/C26H25ClN4O/c1-30(2)22-10-6-18(7-11-22)8-13-25-29-24-12-9-21(27)15-23(24)26(32)31(25)17-20-5-3-4-19(14-20)16-28/h3-15H,16-17,28H2,1-2H3. The molecule has 0 saturated heterocycles. The van der Waals surface area contributed by atoms with Crippen molar-refractivity contribution in [2.24, 2.45) is 5.73 Å². The number of hydrogen-bond donors (Lipinski definition) is 1. The van der Waals surface area contributed by atoms with Crippen molar-refractivity contribution in [2.75, 3.05) is 19.0 Å². The molecule has 5 nitrogen and oxygen atoms in total. The Kier molecular flexibility index (Phi) is 6.40. The fourth-order valence-electron chi connectivity index (χ4n) is 3.58. The smallest absolute Gasteiger partial charge is 0.261 e. The van der Waals surface area contributed by atoms with E-state index in [1.54, 1.807) is 22.8 Å². The summed E-state index contributed by atoms with van der Waals surface area (Å²) in [6.07, 6.45) is 3.85. The maximum absolute atomic E-state index is 13.4. The first-order valence-electron chi connectivity index (χ1n) is 10.4. The van der Waals surface area contributed by atoms with Crippen LogP contribution >= 0.6 is 11.6 Å². The molecule has 0 spiro atoms. The zero-order valence-electron chi connectivity index (χ0n) is 18.1. The van der Waals surface area contributed by atoms with Crippen molar-refractivity contribution in [2.45, 2.75) is 13.1 Å². The van der Waals surface area contributed by atoms with E-state index in [1.807, 2.05) is 62.6 Å². The number of nitrogens with two attached hydrogens (primary N) is 1. The lowest BCUT2D eigenvalue weighted by Crippen LogP contribution is -2.24. The molecule has 0 unspecified atom stereocenters. The van der Waals surface area contributed by atoms with Gasteiger partial charge in [-0.25, -0.2) is 4.98 Å². The number of rotatable bonds is 6. The Morgan fingerprint density at radius 2 is 1.75 bits per heavy atom. The molecule has 1 aromatic heterocycles. The molecule has 6 heteroatoms. The number of fused-ring (bicyclic) bond motifs is 1. The normalized spacial score (nSPS) is 11.4. The first kappa shape index (κ1) is 21.8. The number of halogens is 1. The number of aromatic nitrogens is 2. The van der Waals surface area contributed by atoms with Crippen LogP contribution < -0.4 is 16.2 Å². The second-order valence-corrected chi connectivity index (χ2v) is 8.30. The molecule has 4 aromatic rings. The molecule has 0 aliphatic rings. The quantitative estimate of drug-likeness (QED) is 0.464. The zero-order chi connectivity index (χ0) is 22.7. The Morgan fingerprint density at radius 1 is 1.00 bits per heavy atom. The summed E-state index contributed by atoms with van der Waals surface area (Å²) in [4.78, 5) is 20.2. The minimum absolute atomic E-state index is 0.127. The Morgan fingerprint density at radius 3 is 2.47 bits per heavy atom. The number of hydrogen-bond acceptors (Lipinski definition) is 4. The van der Waals surface area contributed by atoms with Crippen molar-refractivity contribution < 1.29 is 0 Å². The summed E-state index contributed by atoms with van der Waals surface area (Å²) in [7, 11) is 4.02. The molecule has 0 fully saturated rings. The van der Waals surface area contributed by atoms with Gasteiger partial charge < -0.3 is 10.6 Å². The van der Waals surface area contributed by atoms with Crippen LogP contribution in [0.15, 0.2) is 71.5 Å². The highest BCUT2D eigenvalue weighted by atomic mass is 35.5. The Bertz CT molecular complexity index is 1340. The average molecular weight is 445 g/mol. The minimum Gasteiger partial charge on any atom is -0.378 e. The highest BCUT2D eigenvalue weighted by molar-refractivity contribution is 6.31. The molecule has 32 heavy (non-hydrogen) atoms. The molecule has 0 bridgehead atoms. The van der Waals surface area contributed by atoms with E-state index < -0.39 is 0 Å². The third-order valence-corrected chi connectivity index (χ3v) is 5.58. The first-order valence-corrected chi connectivity index (χ1v) is 10.8. The van der Waals surface area contributed by atoms with Crippen LogP contribution in [0.25, 0.3) is 23.1 Å². The van der Waals surface area contributed by atoms with Gasteiger partial charge in [0.1, 0.15) is 5.82 Å². The maximum Gasteiger partial charge on any atom is 0.261 e. The van der Waals surface area contributed by atoms with Gasteiger partial charge in [-0.15, -0.1) is 0 Å². The van der Waals surface area contributed by atoms with Gasteiger partial charge in [0.2, 0.25) is 0 Å². The molecule has 0 amide bonds. The fraction of sp³-hybridized carbons (Fsp3) is 0.154. The lowest BCUT2D eigenvalue weighted by molar-refractivity contribution is 0.737. The van der Waals surface area contributed by atoms with Crippen molar-refractivity contribution >= 4 is 40.3 Å². The molecule has 2 N–H and O–H groups in total. The van der Waals surface area contributed by atoms with Crippen molar-refractivity contribution in [1.29, 1.82) is 0 Å². The second-order valence-electron chi connectivity index (χ2n) is 7.87. The predicted octanol–water partition coefficient (Wildman–Crippen LogP) is 4.79. The monoisotopic (exact) mass is 444 g/mol. The van der Waals surface area contributed by atoms with Gasteiger partial charge in [-0.1, -0.05) is 54.1 Å². The molecule has 4 rings (SSSR count). The van der Waals surface area contributed by atoms with Crippen LogP contribution in [-0.4, -0.2) is 23.6 Å². The summed E-state index contributed by atoms with van der Waals surface area (Å²) in [6.45, 7) is 0.839. The second kappa shape index (κ2) is 9.39. The summed E-state index contributed by atoms with van der Waals surface area (Å²) in [5, 5.41) is 1.01. The molecule has 0 aliphatic carbocycles. The van der Waals surface area contributed by atoms with E-state index in [4.69, 9.17) is 22.3 Å². The molecule has 0 aliphatic heterocycles. The summed E-state index contributed by atoms with van der Waals surface area (Å²) in [6, 6.07) is 21.3. The van der Waals surface area contributed by atoms with Crippen LogP contribution in [0.4, 0.5) is 5.69 Å². The van der Waals surface area contributed by atoms with Crippen LogP contribution in [0.5, 0.6) is 0 Å². The van der Waals surface area contributed by atoms with Crippen molar-refractivity contribution in [1.82, 2.24) is 9.55 Å². The molecular weight excluding hydrogens is 420 g/mol. The van der Waals surface area contributed by atoms with E-state index in [9.17, 15) is 4.79 Å². The molecule has 0 radical (unpaired) electrons. The van der Waals surface area contributed by atoms with E-state index in [2.05, 4.69) is 17.0 Å². The number of anilines is 1. The predicted molar refractivity (Wildman–Crippen MR) is 134 cm³/mol. The van der Waals surface area contributed by atoms with Gasteiger partial charge in [-0.3, -0.25) is 9.36 Å². The summed E-state index contributed by atoms with van der Waals surface area (Å²) in [5.74, 6) is 0.583. The highest BCUT2D eigenvalue weighted by Crippen LogP contribution is 2.18. The van der Waals surface area contributed by atoms with Crippen LogP contribution in [0.1, 0.15) is 22.5 Å². The van der Waals surface area contributed by atoms with Gasteiger partial charge in [0, 0.05) is 31.4 Å². The van der Waals surface area contributed by atoms with Crippen LogP contribution in [0.2, 0.25) is 5.02 Å². The summed E-state index contributed by atoms with van der Waals surface area (Å²) >= 11 is 6.15. The van der Waals surface area contributed by atoms with Gasteiger partial charge in [-0.2, -0.15) is 0 Å². The van der Waals surface area contributed by atoms with E-state index in [0.29, 0.717) is 34.8 Å². The van der Waals surface area contributed by atoms with Crippen molar-refractivity contribution in [3.05, 3.63) is 105 Å². The lowest BCUT2D eigenvalue weighted by Gasteiger charge is -2.13. The minimum atomic E-state index is -0.127. The van der Waals surface area contributed by atoms with E-state index >= 15 is 0 Å². The molecule has 0 atom stereocenters. The molecule has 1 heterocycles. The SMILES string of the molecule is CN(C)c1ccc(C=Cc2nc3ccc(Cl)cc3c(=O)n2Cc2cccc(CN)c2)cc1. The van der Waals surface area contributed by atoms with Crippen molar-refractivity contribution in [3.63, 3.8) is 0 Å². The van der Waals surface area contributed by atoms with Gasteiger partial charge in [0.05, 0.1) is 17.4 Å².